The lowest BCUT2D eigenvalue weighted by Crippen LogP contribution is -2.27. The number of carbonyl (C=O) groups is 1. The first-order valence-electron chi connectivity index (χ1n) is 9.72. The van der Waals surface area contributed by atoms with E-state index in [9.17, 15) is 4.79 Å². The maximum absolute atomic E-state index is 12.4. The first kappa shape index (κ1) is 22.7. The molecule has 0 unspecified atom stereocenters. The van der Waals surface area contributed by atoms with Crippen LogP contribution in [0, 0.1) is 5.92 Å². The van der Waals surface area contributed by atoms with Crippen molar-refractivity contribution < 1.29 is 4.79 Å². The molecule has 0 aliphatic carbocycles. The molecule has 0 radical (unpaired) electrons. The summed E-state index contributed by atoms with van der Waals surface area (Å²) in [4.78, 5) is 21.7. The second-order valence-corrected chi connectivity index (χ2v) is 9.12. The fourth-order valence-corrected chi connectivity index (χ4v) is 3.83. The zero-order chi connectivity index (χ0) is 21.7. The monoisotopic (exact) mass is 466 g/mol. The van der Waals surface area contributed by atoms with Crippen LogP contribution in [0.5, 0.6) is 0 Å². The highest BCUT2D eigenvalue weighted by Crippen LogP contribution is 2.25. The molecule has 3 rings (SSSR count). The van der Waals surface area contributed by atoms with Gasteiger partial charge in [-0.1, -0.05) is 55.7 Å². The van der Waals surface area contributed by atoms with Crippen LogP contribution in [-0.4, -0.2) is 44.5 Å². The van der Waals surface area contributed by atoms with Gasteiger partial charge in [0.2, 0.25) is 0 Å². The van der Waals surface area contributed by atoms with Gasteiger partial charge in [0.15, 0.2) is 10.8 Å². The molecular formula is C20H24Cl2N6OS. The number of amides is 1. The van der Waals surface area contributed by atoms with Crippen molar-refractivity contribution in [2.75, 3.05) is 24.2 Å². The van der Waals surface area contributed by atoms with E-state index in [1.54, 1.807) is 40.8 Å². The predicted octanol–water partition coefficient (Wildman–Crippen LogP) is 4.74. The van der Waals surface area contributed by atoms with Crippen molar-refractivity contribution in [3.8, 4) is 0 Å². The molecule has 1 amide bonds. The van der Waals surface area contributed by atoms with Crippen LogP contribution in [0.2, 0.25) is 10.0 Å². The van der Waals surface area contributed by atoms with Crippen LogP contribution in [0.3, 0.4) is 0 Å². The standard InChI is InChI=1S/C20H24Cl2N6OS/c1-4-30-20-26-17(24-10-12(2)3)15-11-25-28(18(15)27-20)8-7-23-19(29)14-6-5-13(21)9-16(14)22/h5-6,9,11-12H,4,7-8,10H2,1-3H3,(H,23,29)(H,24,26,27). The Hall–Kier alpha value is -2.03. The highest BCUT2D eigenvalue weighted by Gasteiger charge is 2.14. The maximum atomic E-state index is 12.4. The van der Waals surface area contributed by atoms with Crippen molar-refractivity contribution >= 4 is 57.7 Å². The largest absolute Gasteiger partial charge is 0.369 e. The number of thioether (sulfide) groups is 1. The Morgan fingerprint density at radius 1 is 1.27 bits per heavy atom. The molecule has 0 spiro atoms. The highest BCUT2D eigenvalue weighted by atomic mass is 35.5. The number of hydrogen-bond acceptors (Lipinski definition) is 6. The van der Waals surface area contributed by atoms with Crippen LogP contribution in [0.1, 0.15) is 31.1 Å². The topological polar surface area (TPSA) is 84.7 Å². The lowest BCUT2D eigenvalue weighted by molar-refractivity contribution is 0.0952. The van der Waals surface area contributed by atoms with E-state index in [0.717, 1.165) is 29.1 Å². The van der Waals surface area contributed by atoms with E-state index in [-0.39, 0.29) is 5.91 Å². The Bertz CT molecular complexity index is 1040. The van der Waals surface area contributed by atoms with E-state index in [1.807, 2.05) is 0 Å². The first-order valence-corrected chi connectivity index (χ1v) is 11.5. The van der Waals surface area contributed by atoms with Gasteiger partial charge in [0.05, 0.1) is 28.7 Å². The molecule has 1 aromatic carbocycles. The Labute approximate surface area is 189 Å². The lowest BCUT2D eigenvalue weighted by Gasteiger charge is -2.11. The molecule has 0 aliphatic rings. The fraction of sp³-hybridized carbons (Fsp3) is 0.400. The van der Waals surface area contributed by atoms with Gasteiger partial charge in [0, 0.05) is 18.1 Å². The van der Waals surface area contributed by atoms with Gasteiger partial charge in [-0.25, -0.2) is 14.6 Å². The number of anilines is 1. The van der Waals surface area contributed by atoms with Gasteiger partial charge in [-0.3, -0.25) is 4.79 Å². The minimum absolute atomic E-state index is 0.260. The molecule has 0 atom stereocenters. The normalized spacial score (nSPS) is 11.3. The summed E-state index contributed by atoms with van der Waals surface area (Å²) in [6.45, 7) is 8.01. The molecular weight excluding hydrogens is 443 g/mol. The van der Waals surface area contributed by atoms with Crippen LogP contribution >= 0.6 is 35.0 Å². The van der Waals surface area contributed by atoms with Gasteiger partial charge in [0.1, 0.15) is 5.82 Å². The van der Waals surface area contributed by atoms with Gasteiger partial charge in [-0.15, -0.1) is 0 Å². The molecule has 3 aromatic rings. The van der Waals surface area contributed by atoms with Gasteiger partial charge >= 0.3 is 0 Å². The Kier molecular flexibility index (Phi) is 7.80. The van der Waals surface area contributed by atoms with Crippen LogP contribution in [0.25, 0.3) is 11.0 Å². The summed E-state index contributed by atoms with van der Waals surface area (Å²) >= 11 is 13.6. The van der Waals surface area contributed by atoms with Crippen molar-refractivity contribution in [2.24, 2.45) is 5.92 Å². The molecule has 2 aromatic heterocycles. The van der Waals surface area contributed by atoms with Gasteiger partial charge in [-0.2, -0.15) is 5.10 Å². The summed E-state index contributed by atoms with van der Waals surface area (Å²) in [6, 6.07) is 4.80. The lowest BCUT2D eigenvalue weighted by atomic mass is 10.2. The third-order valence-electron chi connectivity index (χ3n) is 4.21. The quantitative estimate of drug-likeness (QED) is 0.349. The van der Waals surface area contributed by atoms with Gasteiger partial charge in [0.25, 0.3) is 5.91 Å². The molecule has 7 nitrogen and oxygen atoms in total. The summed E-state index contributed by atoms with van der Waals surface area (Å²) in [6.07, 6.45) is 1.76. The van der Waals surface area contributed by atoms with Crippen LogP contribution in [0.15, 0.2) is 29.6 Å². The number of rotatable bonds is 9. The number of fused-ring (bicyclic) bond motifs is 1. The molecule has 2 heterocycles. The SMILES string of the molecule is CCSc1nc(NCC(C)C)c2cnn(CCNC(=O)c3ccc(Cl)cc3Cl)c2n1. The number of aromatic nitrogens is 4. The van der Waals surface area contributed by atoms with E-state index < -0.39 is 0 Å². The fourth-order valence-electron chi connectivity index (χ4n) is 2.77. The molecule has 160 valence electrons. The summed E-state index contributed by atoms with van der Waals surface area (Å²) in [7, 11) is 0. The van der Waals surface area contributed by atoms with Crippen molar-refractivity contribution in [1.29, 1.82) is 0 Å². The van der Waals surface area contributed by atoms with E-state index in [0.29, 0.717) is 39.8 Å². The third-order valence-corrected chi connectivity index (χ3v) is 5.49. The number of nitrogens with zero attached hydrogens (tertiary/aromatic N) is 4. The number of carbonyl (C=O) groups excluding carboxylic acids is 1. The molecule has 0 saturated heterocycles. The van der Waals surface area contributed by atoms with Crippen molar-refractivity contribution in [2.45, 2.75) is 32.5 Å². The van der Waals surface area contributed by atoms with E-state index in [4.69, 9.17) is 23.2 Å². The zero-order valence-electron chi connectivity index (χ0n) is 17.1. The van der Waals surface area contributed by atoms with Crippen LogP contribution in [0.4, 0.5) is 5.82 Å². The summed E-state index contributed by atoms with van der Waals surface area (Å²) < 4.78 is 1.78. The van der Waals surface area contributed by atoms with E-state index in [2.05, 4.69) is 46.5 Å². The van der Waals surface area contributed by atoms with E-state index >= 15 is 0 Å². The van der Waals surface area contributed by atoms with Crippen LogP contribution in [-0.2, 0) is 6.54 Å². The summed E-state index contributed by atoms with van der Waals surface area (Å²) in [5.41, 5.74) is 1.13. The minimum Gasteiger partial charge on any atom is -0.369 e. The summed E-state index contributed by atoms with van der Waals surface area (Å²) in [5.74, 6) is 1.89. The molecule has 0 bridgehead atoms. The van der Waals surface area contributed by atoms with Crippen molar-refractivity contribution in [3.05, 3.63) is 40.0 Å². The Balaban J connectivity index is 1.74. The Morgan fingerprint density at radius 3 is 2.77 bits per heavy atom. The minimum atomic E-state index is -0.260. The smallest absolute Gasteiger partial charge is 0.252 e. The average molecular weight is 467 g/mol. The van der Waals surface area contributed by atoms with Crippen molar-refractivity contribution in [1.82, 2.24) is 25.1 Å². The summed E-state index contributed by atoms with van der Waals surface area (Å²) in [5, 5.41) is 13.1. The average Bonchev–Trinajstić information content (AvgIpc) is 3.09. The second-order valence-electron chi connectivity index (χ2n) is 7.05. The molecule has 10 heteroatoms. The molecule has 0 aliphatic heterocycles. The molecule has 0 fully saturated rings. The number of benzene rings is 1. The number of halogens is 2. The predicted molar refractivity (Wildman–Crippen MR) is 124 cm³/mol. The second kappa shape index (κ2) is 10.3. The van der Waals surface area contributed by atoms with E-state index in [1.165, 1.54) is 0 Å². The third kappa shape index (κ3) is 5.56. The van der Waals surface area contributed by atoms with Crippen molar-refractivity contribution in [3.63, 3.8) is 0 Å². The first-order chi connectivity index (χ1) is 14.4. The number of hydrogen-bond donors (Lipinski definition) is 2. The van der Waals surface area contributed by atoms with Gasteiger partial charge in [-0.05, 0) is 29.9 Å². The van der Waals surface area contributed by atoms with Crippen LogP contribution < -0.4 is 10.6 Å². The highest BCUT2D eigenvalue weighted by molar-refractivity contribution is 7.99. The molecule has 2 N–H and O–H groups in total. The maximum Gasteiger partial charge on any atom is 0.252 e. The molecule has 0 saturated carbocycles. The molecule has 30 heavy (non-hydrogen) atoms. The zero-order valence-corrected chi connectivity index (χ0v) is 19.4. The Morgan fingerprint density at radius 2 is 2.07 bits per heavy atom. The number of nitrogens with one attached hydrogen (secondary N) is 2. The van der Waals surface area contributed by atoms with Gasteiger partial charge < -0.3 is 10.6 Å².